The zero-order chi connectivity index (χ0) is 19.8. The van der Waals surface area contributed by atoms with Crippen LogP contribution in [0.4, 0.5) is 5.82 Å². The Morgan fingerprint density at radius 2 is 1.97 bits per heavy atom. The van der Waals surface area contributed by atoms with Gasteiger partial charge >= 0.3 is 0 Å². The zero-order valence-corrected chi connectivity index (χ0v) is 18.2. The Morgan fingerprint density at radius 3 is 2.72 bits per heavy atom. The fourth-order valence-electron chi connectivity index (χ4n) is 4.65. The Morgan fingerprint density at radius 1 is 1.14 bits per heavy atom. The number of rotatable bonds is 5. The number of aromatic nitrogens is 1. The van der Waals surface area contributed by atoms with E-state index in [0.29, 0.717) is 24.4 Å². The van der Waals surface area contributed by atoms with Crippen LogP contribution in [-0.2, 0) is 9.57 Å². The van der Waals surface area contributed by atoms with E-state index in [-0.39, 0.29) is 6.04 Å². The van der Waals surface area contributed by atoms with Crippen LogP contribution in [0.1, 0.15) is 63.2 Å². The molecule has 0 spiro atoms. The van der Waals surface area contributed by atoms with Crippen LogP contribution in [0.2, 0.25) is 0 Å². The average molecular weight is 465 g/mol. The minimum atomic E-state index is -0.569. The standard InChI is InChI=1S/C21H29BrN4O3/c22-14-10-16(21-28-20(25-29-21)13-6-7-13)19(23-11-14)26-9-8-17(18(27)12-26)24-15-4-2-1-3-5-15/h10-11,13,15,17-18,21,24,27H,1-9,12H2/t17-,18-,21?/m1/s1. The van der Waals surface area contributed by atoms with Crippen molar-refractivity contribution < 1.29 is 14.7 Å². The van der Waals surface area contributed by atoms with E-state index >= 15 is 0 Å². The van der Waals surface area contributed by atoms with Crippen LogP contribution in [0.25, 0.3) is 0 Å². The lowest BCUT2D eigenvalue weighted by molar-refractivity contribution is -0.0508. The van der Waals surface area contributed by atoms with Crippen molar-refractivity contribution in [1.29, 1.82) is 0 Å². The Kier molecular flexibility index (Phi) is 5.67. The Balaban J connectivity index is 1.26. The maximum atomic E-state index is 10.8. The molecule has 3 fully saturated rings. The molecule has 1 saturated heterocycles. The molecule has 1 unspecified atom stereocenters. The summed E-state index contributed by atoms with van der Waals surface area (Å²) in [5, 5.41) is 18.7. The SMILES string of the molecule is O[C@@H]1CN(c2ncc(Br)cc2C2ON=C(C3CC3)O2)CC[C@H]1NC1CCCCC1. The first-order valence-electron chi connectivity index (χ1n) is 10.9. The number of β-amino-alcohol motifs (C(OH)–C–C–N with tert-alkyl or cyclic N) is 1. The van der Waals surface area contributed by atoms with Crippen molar-refractivity contribution in [2.45, 2.75) is 75.8 Å². The number of ether oxygens (including phenoxy) is 1. The van der Waals surface area contributed by atoms with Gasteiger partial charge in [-0.25, -0.2) is 4.98 Å². The maximum Gasteiger partial charge on any atom is 0.297 e. The van der Waals surface area contributed by atoms with Crippen LogP contribution >= 0.6 is 15.9 Å². The number of aliphatic hydroxyl groups excluding tert-OH is 1. The van der Waals surface area contributed by atoms with Crippen LogP contribution in [0.15, 0.2) is 21.9 Å². The summed E-state index contributed by atoms with van der Waals surface area (Å²) in [5.41, 5.74) is 0.852. The van der Waals surface area contributed by atoms with Gasteiger partial charge in [-0.3, -0.25) is 0 Å². The van der Waals surface area contributed by atoms with E-state index in [9.17, 15) is 5.11 Å². The second-order valence-electron chi connectivity index (χ2n) is 8.74. The smallest absolute Gasteiger partial charge is 0.297 e. The van der Waals surface area contributed by atoms with Gasteiger partial charge < -0.3 is 24.9 Å². The summed E-state index contributed by atoms with van der Waals surface area (Å²) in [6.45, 7) is 1.39. The second-order valence-corrected chi connectivity index (χ2v) is 9.65. The highest BCUT2D eigenvalue weighted by Gasteiger charge is 2.39. The molecule has 0 bridgehead atoms. The Labute approximate surface area is 180 Å². The summed E-state index contributed by atoms with van der Waals surface area (Å²) in [6, 6.07) is 2.68. The maximum absolute atomic E-state index is 10.8. The van der Waals surface area contributed by atoms with Crippen LogP contribution in [-0.4, -0.2) is 47.3 Å². The molecule has 29 heavy (non-hydrogen) atoms. The molecule has 2 saturated carbocycles. The van der Waals surface area contributed by atoms with Gasteiger partial charge in [0.05, 0.1) is 11.7 Å². The zero-order valence-electron chi connectivity index (χ0n) is 16.6. The number of piperidine rings is 1. The fourth-order valence-corrected chi connectivity index (χ4v) is 5.00. The summed E-state index contributed by atoms with van der Waals surface area (Å²) < 4.78 is 6.84. The van der Waals surface area contributed by atoms with Crippen molar-refractivity contribution in [3.05, 3.63) is 22.3 Å². The summed E-state index contributed by atoms with van der Waals surface area (Å²) in [5.74, 6) is 1.92. The summed E-state index contributed by atoms with van der Waals surface area (Å²) in [4.78, 5) is 12.4. The lowest BCUT2D eigenvalue weighted by Gasteiger charge is -2.40. The highest BCUT2D eigenvalue weighted by Crippen LogP contribution is 2.40. The van der Waals surface area contributed by atoms with E-state index in [1.807, 2.05) is 6.07 Å². The molecular formula is C21H29BrN4O3. The van der Waals surface area contributed by atoms with Crippen LogP contribution in [0.3, 0.4) is 0 Å². The number of aliphatic hydroxyl groups is 1. The van der Waals surface area contributed by atoms with Gasteiger partial charge in [0.25, 0.3) is 6.29 Å². The van der Waals surface area contributed by atoms with Crippen molar-refractivity contribution in [3.8, 4) is 0 Å². The molecule has 0 radical (unpaired) electrons. The van der Waals surface area contributed by atoms with E-state index in [2.05, 4.69) is 36.3 Å². The molecule has 3 heterocycles. The molecule has 8 heteroatoms. The summed E-state index contributed by atoms with van der Waals surface area (Å²) in [7, 11) is 0. The first-order chi connectivity index (χ1) is 14.2. The molecule has 5 rings (SSSR count). The number of nitrogens with one attached hydrogen (secondary N) is 1. The van der Waals surface area contributed by atoms with E-state index in [4.69, 9.17) is 9.57 Å². The molecule has 1 aromatic rings. The van der Waals surface area contributed by atoms with Gasteiger partial charge in [-0.1, -0.05) is 19.3 Å². The van der Waals surface area contributed by atoms with Crippen molar-refractivity contribution in [2.24, 2.45) is 11.1 Å². The van der Waals surface area contributed by atoms with Crippen LogP contribution in [0.5, 0.6) is 0 Å². The lowest BCUT2D eigenvalue weighted by atomic mass is 9.92. The third-order valence-corrected chi connectivity index (χ3v) is 6.88. The molecule has 1 aromatic heterocycles. The van der Waals surface area contributed by atoms with Crippen molar-refractivity contribution >= 4 is 27.6 Å². The molecule has 0 aromatic carbocycles. The molecule has 7 nitrogen and oxygen atoms in total. The lowest BCUT2D eigenvalue weighted by Crippen LogP contribution is -2.55. The number of pyridine rings is 1. The van der Waals surface area contributed by atoms with Gasteiger partial charge in [-0.05, 0) is 59.3 Å². The summed E-state index contributed by atoms with van der Waals surface area (Å²) >= 11 is 3.51. The quantitative estimate of drug-likeness (QED) is 0.694. The number of hydrogen-bond donors (Lipinski definition) is 2. The van der Waals surface area contributed by atoms with Crippen molar-refractivity contribution in [3.63, 3.8) is 0 Å². The number of oxime groups is 1. The molecule has 2 aliphatic carbocycles. The molecule has 2 N–H and O–H groups in total. The predicted molar refractivity (Wildman–Crippen MR) is 114 cm³/mol. The number of nitrogens with zero attached hydrogens (tertiary/aromatic N) is 3. The van der Waals surface area contributed by atoms with Crippen molar-refractivity contribution in [2.75, 3.05) is 18.0 Å². The number of halogens is 1. The minimum Gasteiger partial charge on any atom is -0.432 e. The molecule has 0 amide bonds. The van der Waals surface area contributed by atoms with E-state index < -0.39 is 12.4 Å². The average Bonchev–Trinajstić information content (AvgIpc) is 3.47. The molecule has 158 valence electrons. The largest absolute Gasteiger partial charge is 0.432 e. The van der Waals surface area contributed by atoms with Gasteiger partial charge in [0, 0.05) is 41.8 Å². The second kappa shape index (κ2) is 8.40. The first-order valence-corrected chi connectivity index (χ1v) is 11.7. The first kappa shape index (κ1) is 19.6. The molecular weight excluding hydrogens is 436 g/mol. The Hall–Kier alpha value is -1.38. The number of anilines is 1. The summed E-state index contributed by atoms with van der Waals surface area (Å²) in [6.07, 6.45) is 10.3. The highest BCUT2D eigenvalue weighted by atomic mass is 79.9. The number of hydrogen-bond acceptors (Lipinski definition) is 7. The normalized spacial score (nSPS) is 30.6. The third kappa shape index (κ3) is 4.39. The van der Waals surface area contributed by atoms with Gasteiger partial charge in [0.15, 0.2) is 0 Å². The van der Waals surface area contributed by atoms with E-state index in [1.54, 1.807) is 6.20 Å². The Bertz CT molecular complexity index is 766. The van der Waals surface area contributed by atoms with Gasteiger partial charge in [0.1, 0.15) is 5.82 Å². The molecule has 2 aliphatic heterocycles. The predicted octanol–water partition coefficient (Wildman–Crippen LogP) is 3.47. The van der Waals surface area contributed by atoms with Crippen molar-refractivity contribution in [1.82, 2.24) is 10.3 Å². The third-order valence-electron chi connectivity index (χ3n) is 6.44. The molecule has 3 atom stereocenters. The van der Waals surface area contributed by atoms with E-state index in [1.165, 1.54) is 32.1 Å². The minimum absolute atomic E-state index is 0.150. The van der Waals surface area contributed by atoms with Gasteiger partial charge in [0.2, 0.25) is 5.90 Å². The van der Waals surface area contributed by atoms with Crippen LogP contribution < -0.4 is 10.2 Å². The van der Waals surface area contributed by atoms with Crippen LogP contribution in [0, 0.1) is 5.92 Å². The van der Waals surface area contributed by atoms with E-state index in [0.717, 1.165) is 41.7 Å². The molecule has 4 aliphatic rings. The highest BCUT2D eigenvalue weighted by molar-refractivity contribution is 9.10. The monoisotopic (exact) mass is 464 g/mol. The van der Waals surface area contributed by atoms with Gasteiger partial charge in [-0.2, -0.15) is 0 Å². The topological polar surface area (TPSA) is 79.2 Å². The fraction of sp³-hybridized carbons (Fsp3) is 0.714. The van der Waals surface area contributed by atoms with Gasteiger partial charge in [-0.15, -0.1) is 0 Å².